The number of aromatic nitrogens is 4. The third kappa shape index (κ3) is 5.87. The van der Waals surface area contributed by atoms with E-state index in [9.17, 15) is 32.7 Å². The number of carboxylic acid groups (broad SMARTS) is 1. The Morgan fingerprint density at radius 2 is 1.87 bits per heavy atom. The summed E-state index contributed by atoms with van der Waals surface area (Å²) < 4.78 is 61.8. The summed E-state index contributed by atoms with van der Waals surface area (Å²) in [7, 11) is 1.71. The van der Waals surface area contributed by atoms with Crippen molar-refractivity contribution in [1.29, 1.82) is 0 Å². The molecule has 252 valence electrons. The standard InChI is InChI=1S/C33H43F4N5O4/c1-19-5-3-6-24(32(11-12-32)33(35,36)37)27(19)30(44)42-26-18-20(29(43)40(2)15-16-41-14-4-13-38-41)7-10-23(26)28(39-42)22-9-8-21(31(45)46)17-25(22)34/h4,13-14,19-22,24-25,27H,3,5-12,15-18H2,1-2H3,(H,45,46). The van der Waals surface area contributed by atoms with Gasteiger partial charge < -0.3 is 10.0 Å². The van der Waals surface area contributed by atoms with Crippen molar-refractivity contribution in [1.82, 2.24) is 24.5 Å². The van der Waals surface area contributed by atoms with Gasteiger partial charge in [-0.15, -0.1) is 0 Å². The fourth-order valence-electron chi connectivity index (χ4n) is 8.68. The summed E-state index contributed by atoms with van der Waals surface area (Å²) in [5, 5.41) is 18.4. The minimum absolute atomic E-state index is 0.0118. The van der Waals surface area contributed by atoms with E-state index in [1.54, 1.807) is 28.9 Å². The van der Waals surface area contributed by atoms with E-state index in [1.165, 1.54) is 4.68 Å². The van der Waals surface area contributed by atoms with Crippen molar-refractivity contribution in [3.63, 3.8) is 0 Å². The largest absolute Gasteiger partial charge is 0.481 e. The maximum atomic E-state index is 15.6. The van der Waals surface area contributed by atoms with Crippen LogP contribution in [0.4, 0.5) is 17.6 Å². The van der Waals surface area contributed by atoms with Gasteiger partial charge in [-0.25, -0.2) is 9.07 Å². The Kier molecular flexibility index (Phi) is 8.82. The number of nitrogens with zero attached hydrogens (tertiary/aromatic N) is 5. The van der Waals surface area contributed by atoms with Gasteiger partial charge in [0.05, 0.1) is 29.3 Å². The monoisotopic (exact) mass is 649 g/mol. The first-order valence-corrected chi connectivity index (χ1v) is 16.6. The molecular formula is C33H43F4N5O4. The lowest BCUT2D eigenvalue weighted by Crippen LogP contribution is -2.46. The third-order valence-electron chi connectivity index (χ3n) is 11.5. The first-order valence-electron chi connectivity index (χ1n) is 16.6. The fourth-order valence-corrected chi connectivity index (χ4v) is 8.68. The SMILES string of the molecule is CC1CCCC(C2(C(F)(F)F)CC2)C1C(=O)n1nc(C2CCC(C(=O)O)CC2F)c2c1CC(C(=O)N(C)CCn1cccn1)CC2. The number of hydrogen-bond donors (Lipinski definition) is 1. The van der Waals surface area contributed by atoms with Crippen LogP contribution in [0.25, 0.3) is 0 Å². The smallest absolute Gasteiger partial charge is 0.394 e. The molecule has 1 N–H and O–H groups in total. The fraction of sp³-hybridized carbons (Fsp3) is 0.727. The van der Waals surface area contributed by atoms with Gasteiger partial charge in [0.1, 0.15) is 6.17 Å². The Labute approximate surface area is 265 Å². The molecule has 3 saturated carbocycles. The quantitative estimate of drug-likeness (QED) is 0.369. The molecule has 0 aromatic carbocycles. The maximum Gasteiger partial charge on any atom is 0.394 e. The van der Waals surface area contributed by atoms with Gasteiger partial charge in [0.25, 0.3) is 5.91 Å². The molecule has 0 bridgehead atoms. The summed E-state index contributed by atoms with van der Waals surface area (Å²) in [5.74, 6) is -5.68. The highest BCUT2D eigenvalue weighted by Gasteiger charge is 2.69. The molecule has 13 heteroatoms. The third-order valence-corrected chi connectivity index (χ3v) is 11.5. The molecule has 0 aliphatic heterocycles. The van der Waals surface area contributed by atoms with E-state index in [-0.39, 0.29) is 50.4 Å². The number of aliphatic carboxylic acids is 1. The van der Waals surface area contributed by atoms with Crippen LogP contribution in [-0.4, -0.2) is 73.3 Å². The zero-order chi connectivity index (χ0) is 33.0. The van der Waals surface area contributed by atoms with Crippen LogP contribution in [0.1, 0.15) is 92.4 Å². The molecule has 46 heavy (non-hydrogen) atoms. The van der Waals surface area contributed by atoms with Crippen molar-refractivity contribution in [2.75, 3.05) is 13.6 Å². The number of carbonyl (C=O) groups is 3. The highest BCUT2D eigenvalue weighted by Crippen LogP contribution is 2.67. The minimum Gasteiger partial charge on any atom is -0.481 e. The zero-order valence-corrected chi connectivity index (χ0v) is 26.4. The van der Waals surface area contributed by atoms with Gasteiger partial charge in [0.2, 0.25) is 5.91 Å². The van der Waals surface area contributed by atoms with Crippen LogP contribution in [-0.2, 0) is 29.0 Å². The second-order valence-electron chi connectivity index (χ2n) is 14.2. The molecular weight excluding hydrogens is 606 g/mol. The summed E-state index contributed by atoms with van der Waals surface area (Å²) in [4.78, 5) is 41.3. The first-order chi connectivity index (χ1) is 21.8. The van der Waals surface area contributed by atoms with Gasteiger partial charge >= 0.3 is 12.1 Å². The topological polar surface area (TPSA) is 110 Å². The maximum absolute atomic E-state index is 15.6. The molecule has 4 aliphatic rings. The van der Waals surface area contributed by atoms with Crippen molar-refractivity contribution < 1.29 is 37.1 Å². The minimum atomic E-state index is -4.41. The van der Waals surface area contributed by atoms with E-state index < -0.39 is 59.2 Å². The number of likely N-dealkylation sites (N-methyl/N-ethyl adjacent to an activating group) is 1. The second kappa shape index (κ2) is 12.4. The van der Waals surface area contributed by atoms with Crippen molar-refractivity contribution in [3.05, 3.63) is 35.4 Å². The van der Waals surface area contributed by atoms with Crippen LogP contribution in [0.15, 0.2) is 18.5 Å². The van der Waals surface area contributed by atoms with Crippen molar-refractivity contribution in [3.8, 4) is 0 Å². The first kappa shape index (κ1) is 32.7. The molecule has 7 atom stereocenters. The molecule has 7 unspecified atom stereocenters. The van der Waals surface area contributed by atoms with Gasteiger partial charge in [-0.1, -0.05) is 13.3 Å². The van der Waals surface area contributed by atoms with Crippen LogP contribution in [0, 0.1) is 35.0 Å². The highest BCUT2D eigenvalue weighted by molar-refractivity contribution is 5.84. The summed E-state index contributed by atoms with van der Waals surface area (Å²) in [6, 6.07) is 1.80. The number of fused-ring (bicyclic) bond motifs is 1. The van der Waals surface area contributed by atoms with Crippen molar-refractivity contribution >= 4 is 17.8 Å². The van der Waals surface area contributed by atoms with Gasteiger partial charge in [-0.2, -0.15) is 23.4 Å². The Balaban J connectivity index is 1.32. The highest BCUT2D eigenvalue weighted by atomic mass is 19.4. The average Bonchev–Trinajstić information content (AvgIpc) is 3.53. The van der Waals surface area contributed by atoms with E-state index in [4.69, 9.17) is 5.10 Å². The molecule has 4 aliphatic carbocycles. The number of alkyl halides is 4. The number of halogens is 4. The number of rotatable bonds is 8. The Morgan fingerprint density at radius 1 is 1.11 bits per heavy atom. The Morgan fingerprint density at radius 3 is 2.50 bits per heavy atom. The van der Waals surface area contributed by atoms with E-state index in [1.807, 2.05) is 13.1 Å². The van der Waals surface area contributed by atoms with E-state index >= 15 is 4.39 Å². The average molecular weight is 650 g/mol. The molecule has 0 saturated heterocycles. The van der Waals surface area contributed by atoms with E-state index in [0.717, 1.165) is 0 Å². The van der Waals surface area contributed by atoms with Crippen LogP contribution in [0.3, 0.4) is 0 Å². The number of hydrogen-bond acceptors (Lipinski definition) is 5. The normalized spacial score (nSPS) is 30.8. The Bertz CT molecular complexity index is 1450. The molecule has 6 rings (SSSR count). The molecule has 2 aromatic rings. The summed E-state index contributed by atoms with van der Waals surface area (Å²) >= 11 is 0. The summed E-state index contributed by atoms with van der Waals surface area (Å²) in [6.45, 7) is 2.76. The van der Waals surface area contributed by atoms with Crippen molar-refractivity contribution in [2.24, 2.45) is 35.0 Å². The lowest BCUT2D eigenvalue weighted by molar-refractivity contribution is -0.211. The van der Waals surface area contributed by atoms with Crippen molar-refractivity contribution in [2.45, 2.75) is 102 Å². The van der Waals surface area contributed by atoms with Gasteiger partial charge in [-0.3, -0.25) is 19.1 Å². The molecule has 3 fully saturated rings. The summed E-state index contributed by atoms with van der Waals surface area (Å²) in [5.41, 5.74) is -0.289. The molecule has 0 radical (unpaired) electrons. The second-order valence-corrected chi connectivity index (χ2v) is 14.2. The predicted molar refractivity (Wildman–Crippen MR) is 159 cm³/mol. The molecule has 9 nitrogen and oxygen atoms in total. The molecule has 2 aromatic heterocycles. The van der Waals surface area contributed by atoms with E-state index in [0.29, 0.717) is 62.1 Å². The molecule has 0 spiro atoms. The lowest BCUT2D eigenvalue weighted by atomic mass is 9.65. The Hall–Kier alpha value is -3.25. The zero-order valence-electron chi connectivity index (χ0n) is 26.4. The number of carboxylic acids is 1. The van der Waals surface area contributed by atoms with Crippen LogP contribution < -0.4 is 0 Å². The van der Waals surface area contributed by atoms with Crippen LogP contribution >= 0.6 is 0 Å². The number of carbonyl (C=O) groups excluding carboxylic acids is 2. The van der Waals surface area contributed by atoms with Gasteiger partial charge in [0.15, 0.2) is 0 Å². The van der Waals surface area contributed by atoms with Crippen LogP contribution in [0.2, 0.25) is 0 Å². The van der Waals surface area contributed by atoms with Gasteiger partial charge in [0, 0.05) is 50.2 Å². The molecule has 2 heterocycles. The van der Waals surface area contributed by atoms with E-state index in [2.05, 4.69) is 5.10 Å². The predicted octanol–water partition coefficient (Wildman–Crippen LogP) is 5.68. The van der Waals surface area contributed by atoms with Gasteiger partial charge in [-0.05, 0) is 81.3 Å². The summed E-state index contributed by atoms with van der Waals surface area (Å²) in [6.07, 6.45) is 0.535. The number of amides is 1. The van der Waals surface area contributed by atoms with Crippen LogP contribution in [0.5, 0.6) is 0 Å². The lowest BCUT2D eigenvalue weighted by Gasteiger charge is -2.41. The molecule has 1 amide bonds.